The average Bonchev–Trinajstić information content (AvgIpc) is 2.14. The second-order valence-electron chi connectivity index (χ2n) is 6.21. The number of hydrogen-bond donors (Lipinski definition) is 0. The van der Waals surface area contributed by atoms with Gasteiger partial charge >= 0.3 is 9.28 Å². The average molecular weight is 263 g/mol. The summed E-state index contributed by atoms with van der Waals surface area (Å²) in [6, 6.07) is 0. The summed E-state index contributed by atoms with van der Waals surface area (Å²) in [4.78, 5) is 0. The molecule has 0 spiro atoms. The van der Waals surface area contributed by atoms with Gasteiger partial charge in [0.1, 0.15) is 0 Å². The monoisotopic (exact) mass is 262 g/mol. The maximum absolute atomic E-state index is 6.08. The van der Waals surface area contributed by atoms with E-state index in [1.807, 2.05) is 13.8 Å². The van der Waals surface area contributed by atoms with Crippen LogP contribution in [0.5, 0.6) is 0 Å². The van der Waals surface area contributed by atoms with Crippen LogP contribution in [-0.2, 0) is 8.85 Å². The molecule has 0 aromatic carbocycles. The molecule has 0 aliphatic rings. The van der Waals surface area contributed by atoms with Crippen molar-refractivity contribution in [2.75, 3.05) is 0 Å². The Bertz CT molecular complexity index is 164. The van der Waals surface area contributed by atoms with Crippen LogP contribution >= 0.6 is 0 Å². The molecule has 0 aliphatic carbocycles. The molecule has 0 heterocycles. The molecule has 3 heteroatoms. The van der Waals surface area contributed by atoms with Crippen molar-refractivity contribution in [1.29, 1.82) is 0 Å². The molecule has 17 heavy (non-hydrogen) atoms. The second kappa shape index (κ2) is 8.28. The van der Waals surface area contributed by atoms with Gasteiger partial charge in [-0.2, -0.15) is 0 Å². The minimum Gasteiger partial charge on any atom is -0.391 e. The van der Waals surface area contributed by atoms with Crippen molar-refractivity contribution < 1.29 is 8.85 Å². The summed E-state index contributed by atoms with van der Waals surface area (Å²) in [5.74, 6) is 0. The van der Waals surface area contributed by atoms with Crippen LogP contribution in [0, 0.1) is 0 Å². The van der Waals surface area contributed by atoms with Gasteiger partial charge in [0.2, 0.25) is 0 Å². The van der Waals surface area contributed by atoms with Crippen LogP contribution < -0.4 is 0 Å². The maximum atomic E-state index is 6.08. The molecular formula is C14H34O2Si. The second-order valence-corrected chi connectivity index (χ2v) is 8.56. The summed E-state index contributed by atoms with van der Waals surface area (Å²) in [5, 5.41) is 0. The molecule has 0 aliphatic heterocycles. The molecule has 0 aromatic heterocycles. The van der Waals surface area contributed by atoms with Gasteiger partial charge in [-0.05, 0) is 47.1 Å². The molecule has 0 rings (SSSR count). The fourth-order valence-electron chi connectivity index (χ4n) is 1.15. The van der Waals surface area contributed by atoms with Crippen LogP contribution in [0.25, 0.3) is 0 Å². The Morgan fingerprint density at radius 1 is 0.882 bits per heavy atom. The van der Waals surface area contributed by atoms with Gasteiger partial charge < -0.3 is 8.85 Å². The van der Waals surface area contributed by atoms with Crippen LogP contribution in [-0.4, -0.2) is 20.5 Å². The molecule has 0 aromatic rings. The van der Waals surface area contributed by atoms with Crippen molar-refractivity contribution in [2.24, 2.45) is 0 Å². The first-order valence-electron chi connectivity index (χ1n) is 6.91. The molecule has 0 saturated heterocycles. The van der Waals surface area contributed by atoms with Crippen molar-refractivity contribution in [3.05, 3.63) is 0 Å². The van der Waals surface area contributed by atoms with Gasteiger partial charge in [-0.1, -0.05) is 34.1 Å². The van der Waals surface area contributed by atoms with Crippen molar-refractivity contribution in [1.82, 2.24) is 0 Å². The third kappa shape index (κ3) is 12.4. The van der Waals surface area contributed by atoms with Crippen molar-refractivity contribution >= 4 is 9.28 Å². The molecule has 1 unspecified atom stereocenters. The van der Waals surface area contributed by atoms with Gasteiger partial charge in [0.15, 0.2) is 0 Å². The van der Waals surface area contributed by atoms with Gasteiger partial charge in [0.25, 0.3) is 0 Å². The third-order valence-corrected chi connectivity index (χ3v) is 5.33. The van der Waals surface area contributed by atoms with Crippen LogP contribution in [0.2, 0.25) is 5.54 Å². The lowest BCUT2D eigenvalue weighted by atomic mass is 10.2. The van der Waals surface area contributed by atoms with E-state index in [-0.39, 0.29) is 11.2 Å². The number of hydrogen-bond acceptors (Lipinski definition) is 2. The topological polar surface area (TPSA) is 18.5 Å². The highest BCUT2D eigenvalue weighted by molar-refractivity contribution is 6.46. The molecule has 0 saturated carbocycles. The SMILES string of the molecule is CC.CCC(C)[SiH](OC(C)(C)C)OC(C)(C)C. The molecule has 0 radical (unpaired) electrons. The van der Waals surface area contributed by atoms with Crippen molar-refractivity contribution in [3.63, 3.8) is 0 Å². The zero-order valence-corrected chi connectivity index (χ0v) is 14.8. The smallest absolute Gasteiger partial charge is 0.325 e. The third-order valence-electron chi connectivity index (χ3n) is 2.05. The normalized spacial score (nSPS) is 14.3. The lowest BCUT2D eigenvalue weighted by molar-refractivity contribution is 0.0294. The Morgan fingerprint density at radius 3 is 1.35 bits per heavy atom. The maximum Gasteiger partial charge on any atom is 0.325 e. The fraction of sp³-hybridized carbons (Fsp3) is 1.00. The Balaban J connectivity index is 0. The Hall–Kier alpha value is 0.137. The summed E-state index contributed by atoms with van der Waals surface area (Å²) in [5.41, 5.74) is 0.375. The van der Waals surface area contributed by atoms with E-state index in [1.165, 1.54) is 0 Å². The highest BCUT2D eigenvalue weighted by Gasteiger charge is 2.30. The molecule has 106 valence electrons. The van der Waals surface area contributed by atoms with Gasteiger partial charge in [0.05, 0.1) is 0 Å². The summed E-state index contributed by atoms with van der Waals surface area (Å²) in [7, 11) is -1.58. The van der Waals surface area contributed by atoms with E-state index < -0.39 is 9.28 Å². The van der Waals surface area contributed by atoms with Gasteiger partial charge in [0, 0.05) is 11.2 Å². The molecular weight excluding hydrogens is 228 g/mol. The lowest BCUT2D eigenvalue weighted by Gasteiger charge is -2.34. The van der Waals surface area contributed by atoms with Gasteiger partial charge in [-0.3, -0.25) is 0 Å². The molecule has 0 amide bonds. The molecule has 2 nitrogen and oxygen atoms in total. The van der Waals surface area contributed by atoms with E-state index in [4.69, 9.17) is 8.85 Å². The first-order valence-corrected chi connectivity index (χ1v) is 8.52. The predicted octanol–water partition coefficient (Wildman–Crippen LogP) is 4.66. The lowest BCUT2D eigenvalue weighted by Crippen LogP contribution is -2.41. The highest BCUT2D eigenvalue weighted by atomic mass is 28.3. The van der Waals surface area contributed by atoms with E-state index in [0.29, 0.717) is 5.54 Å². The Labute approximate surface area is 111 Å². The number of rotatable bonds is 4. The summed E-state index contributed by atoms with van der Waals surface area (Å²) in [6.07, 6.45) is 1.13. The molecule has 0 N–H and O–H groups in total. The predicted molar refractivity (Wildman–Crippen MR) is 79.9 cm³/mol. The first kappa shape index (κ1) is 19.5. The highest BCUT2D eigenvalue weighted by Crippen LogP contribution is 2.24. The van der Waals surface area contributed by atoms with Crippen molar-refractivity contribution in [2.45, 2.75) is 92.4 Å². The van der Waals surface area contributed by atoms with Crippen LogP contribution in [0.3, 0.4) is 0 Å². The van der Waals surface area contributed by atoms with Crippen LogP contribution in [0.15, 0.2) is 0 Å². The fourth-order valence-corrected chi connectivity index (χ4v) is 3.44. The first-order chi connectivity index (χ1) is 7.55. The van der Waals surface area contributed by atoms with Crippen LogP contribution in [0.4, 0.5) is 0 Å². The van der Waals surface area contributed by atoms with Gasteiger partial charge in [-0.15, -0.1) is 0 Å². The standard InChI is InChI=1S/C12H28O2Si.C2H6/c1-9-10(2)15(13-11(3,4)5)14-12(6,7)8;1-2/h10,15H,9H2,1-8H3;1-2H3. The summed E-state index contributed by atoms with van der Waals surface area (Å²) >= 11 is 0. The molecule has 1 atom stereocenters. The molecule has 0 bridgehead atoms. The van der Waals surface area contributed by atoms with E-state index in [0.717, 1.165) is 6.42 Å². The summed E-state index contributed by atoms with van der Waals surface area (Å²) in [6.45, 7) is 21.0. The minimum atomic E-state index is -1.58. The van der Waals surface area contributed by atoms with E-state index in [9.17, 15) is 0 Å². The van der Waals surface area contributed by atoms with Gasteiger partial charge in [-0.25, -0.2) is 0 Å². The zero-order valence-electron chi connectivity index (χ0n) is 13.7. The van der Waals surface area contributed by atoms with Crippen LogP contribution in [0.1, 0.15) is 75.7 Å². The molecule has 0 fully saturated rings. The van der Waals surface area contributed by atoms with Crippen molar-refractivity contribution in [3.8, 4) is 0 Å². The Kier molecular flexibility index (Phi) is 9.48. The van der Waals surface area contributed by atoms with E-state index in [1.54, 1.807) is 0 Å². The largest absolute Gasteiger partial charge is 0.391 e. The van der Waals surface area contributed by atoms with E-state index >= 15 is 0 Å². The van der Waals surface area contributed by atoms with E-state index in [2.05, 4.69) is 55.4 Å². The minimum absolute atomic E-state index is 0.0917. The quantitative estimate of drug-likeness (QED) is 0.686. The Morgan fingerprint density at radius 2 is 1.18 bits per heavy atom. The zero-order chi connectivity index (χ0) is 14.3. The summed E-state index contributed by atoms with van der Waals surface area (Å²) < 4.78 is 12.2.